The molecule has 1 aromatic carbocycles. The molecule has 0 saturated carbocycles. The Morgan fingerprint density at radius 1 is 1.46 bits per heavy atom. The summed E-state index contributed by atoms with van der Waals surface area (Å²) in [6.07, 6.45) is 1.98. The molecule has 1 aliphatic rings. The molecule has 0 bridgehead atoms. The molecule has 0 fully saturated rings. The number of hydrogen-bond donors (Lipinski definition) is 2. The molecular weight excluding hydrogens is 312 g/mol. The van der Waals surface area contributed by atoms with Crippen molar-refractivity contribution in [2.24, 2.45) is 0 Å². The molecule has 24 heavy (non-hydrogen) atoms. The van der Waals surface area contributed by atoms with E-state index in [9.17, 15) is 20.0 Å². The van der Waals surface area contributed by atoms with E-state index in [2.05, 4.69) is 9.97 Å². The first kappa shape index (κ1) is 16.1. The van der Waals surface area contributed by atoms with Crippen molar-refractivity contribution in [1.82, 2.24) is 9.97 Å². The Labute approximate surface area is 138 Å². The number of amides is 1. The number of imidazole rings is 1. The van der Waals surface area contributed by atoms with E-state index in [0.29, 0.717) is 19.4 Å². The van der Waals surface area contributed by atoms with Gasteiger partial charge in [0.25, 0.3) is 5.69 Å². The van der Waals surface area contributed by atoms with Crippen LogP contribution in [0.2, 0.25) is 0 Å². The summed E-state index contributed by atoms with van der Waals surface area (Å²) in [6.45, 7) is 2.69. The van der Waals surface area contributed by atoms with Gasteiger partial charge >= 0.3 is 6.09 Å². The number of carboxylic acid groups (broad SMARTS) is 1. The van der Waals surface area contributed by atoms with Crippen LogP contribution < -0.4 is 0 Å². The van der Waals surface area contributed by atoms with Crippen molar-refractivity contribution in [2.45, 2.75) is 32.4 Å². The van der Waals surface area contributed by atoms with Crippen LogP contribution in [0.15, 0.2) is 30.6 Å². The third-order valence-electron chi connectivity index (χ3n) is 4.80. The number of rotatable bonds is 4. The van der Waals surface area contributed by atoms with E-state index in [-0.39, 0.29) is 22.8 Å². The van der Waals surface area contributed by atoms with Gasteiger partial charge in [-0.15, -0.1) is 0 Å². The summed E-state index contributed by atoms with van der Waals surface area (Å²) in [4.78, 5) is 29.9. The molecule has 1 aliphatic heterocycles. The maximum absolute atomic E-state index is 12.2. The molecule has 2 unspecified atom stereocenters. The number of quaternary nitrogens is 1. The van der Waals surface area contributed by atoms with Gasteiger partial charge < -0.3 is 10.1 Å². The molecule has 8 heteroatoms. The number of benzene rings is 1. The summed E-state index contributed by atoms with van der Waals surface area (Å²) in [5.41, 5.74) is 2.58. The van der Waals surface area contributed by atoms with Crippen molar-refractivity contribution in [3.05, 3.63) is 57.7 Å². The predicted molar refractivity (Wildman–Crippen MR) is 85.3 cm³/mol. The molecule has 126 valence electrons. The minimum Gasteiger partial charge on any atom is -0.435 e. The van der Waals surface area contributed by atoms with Gasteiger partial charge in [-0.05, 0) is 12.1 Å². The minimum atomic E-state index is -0.895. The van der Waals surface area contributed by atoms with Gasteiger partial charge in [0.2, 0.25) is 0 Å². The highest BCUT2D eigenvalue weighted by molar-refractivity contribution is 5.58. The maximum Gasteiger partial charge on any atom is 0.514 e. The minimum absolute atomic E-state index is 0.000832. The Morgan fingerprint density at radius 3 is 2.75 bits per heavy atom. The first-order valence-corrected chi connectivity index (χ1v) is 7.83. The normalized spacial score (nSPS) is 22.8. The van der Waals surface area contributed by atoms with Gasteiger partial charge in [-0.2, -0.15) is 4.79 Å². The Bertz CT molecular complexity index is 771. The van der Waals surface area contributed by atoms with E-state index in [1.165, 1.54) is 12.1 Å². The van der Waals surface area contributed by atoms with Gasteiger partial charge in [0, 0.05) is 36.2 Å². The molecule has 0 saturated heterocycles. The fourth-order valence-corrected chi connectivity index (χ4v) is 3.60. The van der Waals surface area contributed by atoms with Crippen molar-refractivity contribution in [3.8, 4) is 0 Å². The number of nitrogens with one attached hydrogen (secondary N) is 1. The van der Waals surface area contributed by atoms with Gasteiger partial charge in [-0.3, -0.25) is 10.1 Å². The second-order valence-electron chi connectivity index (χ2n) is 6.06. The van der Waals surface area contributed by atoms with Crippen molar-refractivity contribution in [1.29, 1.82) is 0 Å². The highest BCUT2D eigenvalue weighted by atomic mass is 16.6. The highest BCUT2D eigenvalue weighted by Gasteiger charge is 2.49. The lowest BCUT2D eigenvalue weighted by molar-refractivity contribution is -0.904. The van der Waals surface area contributed by atoms with Crippen LogP contribution in [0.25, 0.3) is 0 Å². The van der Waals surface area contributed by atoms with E-state index >= 15 is 0 Å². The molecule has 2 N–H and O–H groups in total. The zero-order valence-electron chi connectivity index (χ0n) is 13.3. The van der Waals surface area contributed by atoms with Crippen LogP contribution in [0.1, 0.15) is 36.3 Å². The molecule has 0 aliphatic carbocycles. The average molecular weight is 331 g/mol. The Balaban J connectivity index is 1.97. The molecule has 1 amide bonds. The molecule has 2 atom stereocenters. The first-order chi connectivity index (χ1) is 11.5. The molecule has 8 nitrogen and oxygen atoms in total. The van der Waals surface area contributed by atoms with E-state index in [0.717, 1.165) is 17.0 Å². The number of aromatic amines is 1. The van der Waals surface area contributed by atoms with Crippen molar-refractivity contribution >= 4 is 11.8 Å². The smallest absolute Gasteiger partial charge is 0.435 e. The number of aromatic nitrogens is 2. The summed E-state index contributed by atoms with van der Waals surface area (Å²) in [6, 6.07) is 5.85. The Morgan fingerprint density at radius 2 is 2.17 bits per heavy atom. The molecule has 3 rings (SSSR count). The number of H-pyrrole nitrogens is 1. The third kappa shape index (κ3) is 2.54. The van der Waals surface area contributed by atoms with Crippen LogP contribution in [0.4, 0.5) is 10.5 Å². The van der Waals surface area contributed by atoms with Crippen molar-refractivity contribution in [3.63, 3.8) is 0 Å². The molecule has 0 spiro atoms. The summed E-state index contributed by atoms with van der Waals surface area (Å²) in [5.74, 6) is 0. The van der Waals surface area contributed by atoms with Crippen LogP contribution in [-0.2, 0) is 13.0 Å². The van der Waals surface area contributed by atoms with E-state index in [1.807, 2.05) is 6.92 Å². The standard InChI is InChI=1S/C16H18N4O4/c1-2-14-15-13(17-10-18-15)7-8-20(14,16(21)22)9-11-3-5-12(6-4-11)19(23)24/h3-6,10,14H,2,7-9H2,1H3,(H-,17,18,21,22)/p+1. The quantitative estimate of drug-likeness (QED) is 0.508. The number of nitrogens with zero attached hydrogens (tertiary/aromatic N) is 3. The highest BCUT2D eigenvalue weighted by Crippen LogP contribution is 2.39. The van der Waals surface area contributed by atoms with Crippen LogP contribution in [0.5, 0.6) is 0 Å². The SMILES string of the molecule is CCC1c2nc[nH]c2CC[N+]1(Cc1ccc([N+](=O)[O-])cc1)C(=O)O. The van der Waals surface area contributed by atoms with Gasteiger partial charge in [-0.1, -0.05) is 6.92 Å². The van der Waals surface area contributed by atoms with Crippen molar-refractivity contribution in [2.75, 3.05) is 6.54 Å². The molecule has 2 aromatic rings. The first-order valence-electron chi connectivity index (χ1n) is 7.83. The van der Waals surface area contributed by atoms with Crippen LogP contribution >= 0.6 is 0 Å². The van der Waals surface area contributed by atoms with Crippen LogP contribution in [-0.4, -0.2) is 37.1 Å². The van der Waals surface area contributed by atoms with E-state index in [1.54, 1.807) is 18.5 Å². The summed E-state index contributed by atoms with van der Waals surface area (Å²) in [5, 5.41) is 20.8. The zero-order valence-corrected chi connectivity index (χ0v) is 13.3. The second-order valence-corrected chi connectivity index (χ2v) is 6.06. The van der Waals surface area contributed by atoms with Gasteiger partial charge in [0.15, 0.2) is 0 Å². The fourth-order valence-electron chi connectivity index (χ4n) is 3.60. The molecule has 2 heterocycles. The maximum atomic E-state index is 12.2. The number of carbonyl (C=O) groups is 1. The van der Waals surface area contributed by atoms with Gasteiger partial charge in [-0.25, -0.2) is 9.47 Å². The van der Waals surface area contributed by atoms with Crippen LogP contribution in [0, 0.1) is 10.1 Å². The number of nitro groups is 1. The fraction of sp³-hybridized carbons (Fsp3) is 0.375. The summed E-state index contributed by atoms with van der Waals surface area (Å²) >= 11 is 0. The lowest BCUT2D eigenvalue weighted by Crippen LogP contribution is -2.57. The number of nitro benzene ring substituents is 1. The van der Waals surface area contributed by atoms with Crippen LogP contribution in [0.3, 0.4) is 0 Å². The average Bonchev–Trinajstić information content (AvgIpc) is 3.03. The zero-order chi connectivity index (χ0) is 17.3. The topological polar surface area (TPSA) is 109 Å². The largest absolute Gasteiger partial charge is 0.514 e. The molecule has 0 radical (unpaired) electrons. The number of hydrogen-bond acceptors (Lipinski definition) is 4. The van der Waals surface area contributed by atoms with Gasteiger partial charge in [0.1, 0.15) is 18.3 Å². The molecule has 1 aromatic heterocycles. The third-order valence-corrected chi connectivity index (χ3v) is 4.80. The molecular formula is C16H19N4O4+. The summed E-state index contributed by atoms with van der Waals surface area (Å²) in [7, 11) is 0. The number of non-ortho nitro benzene ring substituents is 1. The summed E-state index contributed by atoms with van der Waals surface area (Å²) < 4.78 is -0.133. The Hall–Kier alpha value is -2.74. The van der Waals surface area contributed by atoms with E-state index < -0.39 is 11.0 Å². The number of fused-ring (bicyclic) bond motifs is 1. The lowest BCUT2D eigenvalue weighted by atomic mass is 9.96. The second kappa shape index (κ2) is 6.04. The van der Waals surface area contributed by atoms with E-state index in [4.69, 9.17) is 0 Å². The van der Waals surface area contributed by atoms with Gasteiger partial charge in [0.05, 0.1) is 17.8 Å². The lowest BCUT2D eigenvalue weighted by Gasteiger charge is -2.41. The Kier molecular flexibility index (Phi) is 4.06. The van der Waals surface area contributed by atoms with Crippen molar-refractivity contribution < 1.29 is 19.3 Å². The predicted octanol–water partition coefficient (Wildman–Crippen LogP) is 3.02. The monoisotopic (exact) mass is 331 g/mol.